The highest BCUT2D eigenvalue weighted by atomic mass is 32.1. The van der Waals surface area contributed by atoms with Gasteiger partial charge in [0.1, 0.15) is 0 Å². The lowest BCUT2D eigenvalue weighted by Gasteiger charge is -2.29. The summed E-state index contributed by atoms with van der Waals surface area (Å²) in [5.41, 5.74) is 2.33. The van der Waals surface area contributed by atoms with Crippen LogP contribution in [-0.4, -0.2) is 43.5 Å². The number of aryl methyl sites for hydroxylation is 1. The second kappa shape index (κ2) is 8.75. The van der Waals surface area contributed by atoms with Gasteiger partial charge in [0.25, 0.3) is 5.91 Å². The monoisotopic (exact) mass is 413 g/mol. The number of thiophene rings is 1. The molecule has 3 amide bonds. The molecule has 0 spiro atoms. The minimum atomic E-state index is -0.727. The molecule has 1 aromatic heterocycles. The molecular weight excluding hydrogens is 390 g/mol. The van der Waals surface area contributed by atoms with Gasteiger partial charge in [-0.25, -0.2) is 0 Å². The zero-order chi connectivity index (χ0) is 20.2. The van der Waals surface area contributed by atoms with Gasteiger partial charge >= 0.3 is 11.8 Å². The first-order valence-electron chi connectivity index (χ1n) is 9.81. The molecule has 1 atom stereocenters. The van der Waals surface area contributed by atoms with Crippen LogP contribution in [0.3, 0.4) is 0 Å². The van der Waals surface area contributed by atoms with Crippen LogP contribution < -0.4 is 15.5 Å². The number of hydrogen-bond acceptors (Lipinski definition) is 5. The zero-order valence-corrected chi connectivity index (χ0v) is 16.8. The van der Waals surface area contributed by atoms with E-state index in [1.165, 1.54) is 11.3 Å². The third-order valence-corrected chi connectivity index (χ3v) is 6.02. The highest BCUT2D eigenvalue weighted by molar-refractivity contribution is 7.12. The van der Waals surface area contributed by atoms with Crippen molar-refractivity contribution in [2.24, 2.45) is 0 Å². The highest BCUT2D eigenvalue weighted by Gasteiger charge is 2.25. The topological polar surface area (TPSA) is 87.7 Å². The summed E-state index contributed by atoms with van der Waals surface area (Å²) in [7, 11) is 0. The Bertz CT molecular complexity index is 907. The van der Waals surface area contributed by atoms with Crippen LogP contribution in [0.5, 0.6) is 0 Å². The fraction of sp³-hybridized carbons (Fsp3) is 0.381. The summed E-state index contributed by atoms with van der Waals surface area (Å²) in [5, 5.41) is 7.13. The summed E-state index contributed by atoms with van der Waals surface area (Å²) >= 11 is 1.41. The molecule has 7 nitrogen and oxygen atoms in total. The second-order valence-corrected chi connectivity index (χ2v) is 8.13. The molecule has 3 heterocycles. The van der Waals surface area contributed by atoms with Gasteiger partial charge in [-0.3, -0.25) is 14.4 Å². The number of benzene rings is 1. The van der Waals surface area contributed by atoms with Crippen molar-refractivity contribution in [3.8, 4) is 0 Å². The molecule has 2 N–H and O–H groups in total. The molecule has 1 aromatic carbocycles. The van der Waals surface area contributed by atoms with Crippen LogP contribution in [0, 0.1) is 0 Å². The predicted molar refractivity (Wildman–Crippen MR) is 111 cm³/mol. The molecule has 0 saturated carbocycles. The summed E-state index contributed by atoms with van der Waals surface area (Å²) in [6.07, 6.45) is 3.61. The van der Waals surface area contributed by atoms with E-state index >= 15 is 0 Å². The Kier molecular flexibility index (Phi) is 5.92. The maximum absolute atomic E-state index is 12.8. The third-order valence-electron chi connectivity index (χ3n) is 5.16. The molecule has 0 aliphatic carbocycles. The van der Waals surface area contributed by atoms with Gasteiger partial charge < -0.3 is 20.3 Å². The van der Waals surface area contributed by atoms with E-state index in [2.05, 4.69) is 10.6 Å². The summed E-state index contributed by atoms with van der Waals surface area (Å²) in [6.45, 7) is 1.66. The molecule has 0 radical (unpaired) electrons. The lowest BCUT2D eigenvalue weighted by Crippen LogP contribution is -2.39. The fourth-order valence-electron chi connectivity index (χ4n) is 3.68. The van der Waals surface area contributed by atoms with Crippen LogP contribution in [-0.2, 0) is 20.7 Å². The van der Waals surface area contributed by atoms with E-state index in [0.29, 0.717) is 30.3 Å². The Morgan fingerprint density at radius 1 is 1.17 bits per heavy atom. The van der Waals surface area contributed by atoms with Crippen molar-refractivity contribution in [2.45, 2.75) is 31.8 Å². The second-order valence-electron chi connectivity index (χ2n) is 7.18. The third kappa shape index (κ3) is 4.49. The van der Waals surface area contributed by atoms with E-state index in [1.807, 2.05) is 23.6 Å². The Balaban J connectivity index is 1.44. The van der Waals surface area contributed by atoms with E-state index in [1.54, 1.807) is 17.0 Å². The number of nitrogens with one attached hydrogen (secondary N) is 2. The van der Waals surface area contributed by atoms with Crippen molar-refractivity contribution >= 4 is 40.4 Å². The minimum absolute atomic E-state index is 0.0210. The number of fused-ring (bicyclic) bond motifs is 1. The zero-order valence-electron chi connectivity index (χ0n) is 16.0. The standard InChI is InChI=1S/C21H23N3O4S/c25-19(22-13-16-5-2-10-28-16)20(26)23-15-8-7-14-4-1-9-24(17(14)12-15)21(27)18-6-3-11-29-18/h3,6-8,11-12,16H,1-2,4-5,9-10,13H2,(H,22,25)(H,23,26)/t16-/m1/s1. The van der Waals surface area contributed by atoms with Crippen LogP contribution in [0.1, 0.15) is 34.5 Å². The molecule has 29 heavy (non-hydrogen) atoms. The molecule has 1 saturated heterocycles. The van der Waals surface area contributed by atoms with E-state index < -0.39 is 11.8 Å². The molecule has 2 aromatic rings. The lowest BCUT2D eigenvalue weighted by atomic mass is 10.0. The molecule has 8 heteroatoms. The van der Waals surface area contributed by atoms with Crippen molar-refractivity contribution in [1.82, 2.24) is 5.32 Å². The number of carbonyl (C=O) groups is 3. The smallest absolute Gasteiger partial charge is 0.313 e. The summed E-state index contributed by atoms with van der Waals surface area (Å²) in [5.74, 6) is -1.46. The van der Waals surface area contributed by atoms with Gasteiger partial charge in [0.05, 0.1) is 11.0 Å². The Hall–Kier alpha value is -2.71. The molecule has 2 aliphatic heterocycles. The lowest BCUT2D eigenvalue weighted by molar-refractivity contribution is -0.136. The van der Waals surface area contributed by atoms with E-state index in [-0.39, 0.29) is 12.0 Å². The first-order valence-corrected chi connectivity index (χ1v) is 10.7. The van der Waals surface area contributed by atoms with Crippen LogP contribution >= 0.6 is 11.3 Å². The Labute approximate surface area is 173 Å². The van der Waals surface area contributed by atoms with Gasteiger partial charge in [-0.15, -0.1) is 11.3 Å². The van der Waals surface area contributed by atoms with E-state index in [9.17, 15) is 14.4 Å². The molecular formula is C21H23N3O4S. The van der Waals surface area contributed by atoms with Gasteiger partial charge in [-0.05, 0) is 54.8 Å². The van der Waals surface area contributed by atoms with E-state index in [4.69, 9.17) is 4.74 Å². The Morgan fingerprint density at radius 3 is 2.83 bits per heavy atom. The average Bonchev–Trinajstić information content (AvgIpc) is 3.45. The predicted octanol–water partition coefficient (Wildman–Crippen LogP) is 2.57. The molecule has 1 fully saturated rings. The highest BCUT2D eigenvalue weighted by Crippen LogP contribution is 2.31. The van der Waals surface area contributed by atoms with Gasteiger partial charge in [0.15, 0.2) is 0 Å². The maximum atomic E-state index is 12.8. The van der Waals surface area contributed by atoms with Crippen LogP contribution in [0.2, 0.25) is 0 Å². The van der Waals surface area contributed by atoms with E-state index in [0.717, 1.165) is 36.9 Å². The number of anilines is 2. The normalized spacial score (nSPS) is 18.2. The molecule has 4 rings (SSSR count). The average molecular weight is 413 g/mol. The van der Waals surface area contributed by atoms with Crippen molar-refractivity contribution in [2.75, 3.05) is 29.9 Å². The number of nitrogens with zero attached hydrogens (tertiary/aromatic N) is 1. The number of rotatable bonds is 4. The molecule has 2 aliphatic rings. The van der Waals surface area contributed by atoms with Gasteiger partial charge in [-0.1, -0.05) is 12.1 Å². The van der Waals surface area contributed by atoms with Crippen LogP contribution in [0.25, 0.3) is 0 Å². The molecule has 152 valence electrons. The largest absolute Gasteiger partial charge is 0.376 e. The first kappa shape index (κ1) is 19.6. The van der Waals surface area contributed by atoms with Gasteiger partial charge in [0.2, 0.25) is 0 Å². The van der Waals surface area contributed by atoms with Crippen molar-refractivity contribution < 1.29 is 19.1 Å². The van der Waals surface area contributed by atoms with Crippen LogP contribution in [0.4, 0.5) is 11.4 Å². The SMILES string of the molecule is O=C(NC[C@H]1CCCO1)C(=O)Nc1ccc2c(c1)N(C(=O)c1cccs1)CCC2. The first-order chi connectivity index (χ1) is 14.1. The van der Waals surface area contributed by atoms with Crippen molar-refractivity contribution in [3.63, 3.8) is 0 Å². The quantitative estimate of drug-likeness (QED) is 0.754. The number of hydrogen-bond donors (Lipinski definition) is 2. The van der Waals surface area contributed by atoms with Gasteiger partial charge in [-0.2, -0.15) is 0 Å². The fourth-order valence-corrected chi connectivity index (χ4v) is 4.35. The number of ether oxygens (including phenoxy) is 1. The van der Waals surface area contributed by atoms with Crippen LogP contribution in [0.15, 0.2) is 35.7 Å². The van der Waals surface area contributed by atoms with Crippen molar-refractivity contribution in [1.29, 1.82) is 0 Å². The number of carbonyl (C=O) groups excluding carboxylic acids is 3. The van der Waals surface area contributed by atoms with Gasteiger partial charge in [0, 0.05) is 31.1 Å². The minimum Gasteiger partial charge on any atom is -0.376 e. The Morgan fingerprint density at radius 2 is 2.07 bits per heavy atom. The maximum Gasteiger partial charge on any atom is 0.313 e. The molecule has 0 bridgehead atoms. The molecule has 0 unspecified atom stereocenters. The summed E-state index contributed by atoms with van der Waals surface area (Å²) < 4.78 is 5.45. The summed E-state index contributed by atoms with van der Waals surface area (Å²) in [4.78, 5) is 39.6. The summed E-state index contributed by atoms with van der Waals surface area (Å²) in [6, 6.07) is 9.11. The number of amides is 3. The van der Waals surface area contributed by atoms with Crippen molar-refractivity contribution in [3.05, 3.63) is 46.2 Å².